The Balaban J connectivity index is 1.40. The Morgan fingerprint density at radius 3 is 3.00 bits per heavy atom. The monoisotopic (exact) mass is 501 g/mol. The van der Waals surface area contributed by atoms with E-state index in [4.69, 9.17) is 15.3 Å². The quantitative estimate of drug-likeness (QED) is 0.256. The number of carboxylic acids is 1. The van der Waals surface area contributed by atoms with Crippen LogP contribution in [0.1, 0.15) is 18.5 Å². The molecule has 0 radical (unpaired) electrons. The largest absolute Gasteiger partial charge is 0.480 e. The van der Waals surface area contributed by atoms with Crippen LogP contribution in [0, 0.1) is 0 Å². The number of aromatic nitrogens is 1. The van der Waals surface area contributed by atoms with Crippen molar-refractivity contribution in [3.8, 4) is 0 Å². The first-order chi connectivity index (χ1) is 15.3. The molecular formula is C18H23N5O6S3. The lowest BCUT2D eigenvalue weighted by molar-refractivity contribution is -0.151. The summed E-state index contributed by atoms with van der Waals surface area (Å²) in [7, 11) is 1.30. The zero-order valence-electron chi connectivity index (χ0n) is 17.2. The standard InChI is InChI=1S/C18H23N5O6S3/c1-28-22-11(10-6-30-17(19)20-10)13(24)21-12-14(25)23-7-18(16(26)27,8-31-15(12)23)32-5-9-3-2-4-29-9/h6,9,12,15H,2-5,7-8H2,1H3,(H2,19,20)(H,21,24)(H,26,27)/t9?,12?,15-,18?/m1/s1. The molecular weight excluding hydrogens is 478 g/mol. The van der Waals surface area contributed by atoms with Crippen LogP contribution in [0.5, 0.6) is 0 Å². The van der Waals surface area contributed by atoms with Crippen molar-refractivity contribution < 1.29 is 29.1 Å². The van der Waals surface area contributed by atoms with Crippen molar-refractivity contribution >= 4 is 63.5 Å². The second kappa shape index (κ2) is 9.45. The Morgan fingerprint density at radius 1 is 1.56 bits per heavy atom. The first kappa shape index (κ1) is 23.1. The lowest BCUT2D eigenvalue weighted by Gasteiger charge is -2.53. The van der Waals surface area contributed by atoms with Crippen LogP contribution in [0.15, 0.2) is 10.5 Å². The number of carbonyl (C=O) groups is 3. The number of nitrogens with one attached hydrogen (secondary N) is 1. The number of oxime groups is 1. The summed E-state index contributed by atoms with van der Waals surface area (Å²) in [5.74, 6) is -0.982. The fourth-order valence-electron chi connectivity index (χ4n) is 3.76. The van der Waals surface area contributed by atoms with Gasteiger partial charge in [-0.3, -0.25) is 14.4 Å². The van der Waals surface area contributed by atoms with E-state index in [2.05, 4.69) is 15.5 Å². The number of thiazole rings is 1. The molecule has 0 spiro atoms. The molecule has 0 aliphatic carbocycles. The molecule has 4 atom stereocenters. The predicted octanol–water partition coefficient (Wildman–Crippen LogP) is 0.211. The van der Waals surface area contributed by atoms with Gasteiger partial charge in [0, 0.05) is 30.0 Å². The number of thioether (sulfide) groups is 2. The Labute approximate surface area is 196 Å². The molecule has 1 aromatic rings. The minimum atomic E-state index is -1.10. The molecule has 1 aromatic heterocycles. The Morgan fingerprint density at radius 2 is 2.38 bits per heavy atom. The van der Waals surface area contributed by atoms with Crippen molar-refractivity contribution in [1.82, 2.24) is 15.2 Å². The van der Waals surface area contributed by atoms with Crippen LogP contribution in [-0.2, 0) is 24.0 Å². The molecule has 0 bridgehead atoms. The number of rotatable bonds is 8. The minimum Gasteiger partial charge on any atom is -0.480 e. The molecule has 4 N–H and O–H groups in total. The van der Waals surface area contributed by atoms with Crippen molar-refractivity contribution in [3.63, 3.8) is 0 Å². The van der Waals surface area contributed by atoms with Crippen molar-refractivity contribution in [2.24, 2.45) is 5.16 Å². The molecule has 0 saturated carbocycles. The summed E-state index contributed by atoms with van der Waals surface area (Å²) < 4.78 is 4.51. The maximum absolute atomic E-state index is 12.8. The zero-order chi connectivity index (χ0) is 22.9. The number of aliphatic carboxylic acids is 1. The summed E-state index contributed by atoms with van der Waals surface area (Å²) in [5.41, 5.74) is 5.80. The zero-order valence-corrected chi connectivity index (χ0v) is 19.6. The first-order valence-electron chi connectivity index (χ1n) is 9.89. The molecule has 2 amide bonds. The van der Waals surface area contributed by atoms with E-state index < -0.39 is 22.7 Å². The highest BCUT2D eigenvalue weighted by Gasteiger charge is 2.58. The van der Waals surface area contributed by atoms with Gasteiger partial charge in [-0.05, 0) is 12.8 Å². The summed E-state index contributed by atoms with van der Waals surface area (Å²) in [6, 6.07) is -0.777. The summed E-state index contributed by atoms with van der Waals surface area (Å²) in [4.78, 5) is 48.0. The number of hydrogen-bond acceptors (Lipinski definition) is 11. The maximum Gasteiger partial charge on any atom is 0.322 e. The second-order valence-electron chi connectivity index (χ2n) is 7.56. The number of fused-ring (bicyclic) bond motifs is 1. The van der Waals surface area contributed by atoms with E-state index in [-0.39, 0.29) is 40.5 Å². The highest BCUT2D eigenvalue weighted by Crippen LogP contribution is 2.44. The van der Waals surface area contributed by atoms with Gasteiger partial charge in [0.05, 0.1) is 6.10 Å². The van der Waals surface area contributed by atoms with Crippen molar-refractivity contribution in [2.75, 3.05) is 37.5 Å². The number of carbonyl (C=O) groups excluding carboxylic acids is 2. The van der Waals surface area contributed by atoms with Crippen molar-refractivity contribution in [1.29, 1.82) is 0 Å². The second-order valence-corrected chi connectivity index (χ2v) is 11.0. The molecule has 3 aliphatic rings. The number of nitrogen functional groups attached to an aromatic ring is 1. The van der Waals surface area contributed by atoms with Gasteiger partial charge in [-0.1, -0.05) is 5.16 Å². The van der Waals surface area contributed by atoms with Crippen LogP contribution in [-0.4, -0.2) is 92.5 Å². The van der Waals surface area contributed by atoms with Gasteiger partial charge >= 0.3 is 5.97 Å². The van der Waals surface area contributed by atoms with Gasteiger partial charge in [0.15, 0.2) is 10.8 Å². The van der Waals surface area contributed by atoms with Gasteiger partial charge in [-0.15, -0.1) is 34.9 Å². The molecule has 0 aromatic carbocycles. The number of carboxylic acid groups (broad SMARTS) is 1. The van der Waals surface area contributed by atoms with Gasteiger partial charge in [0.2, 0.25) is 5.91 Å². The summed E-state index contributed by atoms with van der Waals surface area (Å²) in [6.07, 6.45) is 1.96. The van der Waals surface area contributed by atoms with Crippen LogP contribution >= 0.6 is 34.9 Å². The molecule has 4 heterocycles. The third kappa shape index (κ3) is 4.40. The number of nitrogens with two attached hydrogens (primary N) is 1. The Hall–Kier alpha value is -2.03. The van der Waals surface area contributed by atoms with Crippen LogP contribution in [0.3, 0.4) is 0 Å². The maximum atomic E-state index is 12.8. The topological polar surface area (TPSA) is 156 Å². The van der Waals surface area contributed by atoms with Crippen LogP contribution in [0.25, 0.3) is 0 Å². The summed E-state index contributed by atoms with van der Waals surface area (Å²) >= 11 is 3.84. The number of amides is 2. The molecule has 3 aliphatic heterocycles. The van der Waals surface area contributed by atoms with Crippen LogP contribution in [0.4, 0.5) is 5.13 Å². The van der Waals surface area contributed by atoms with Gasteiger partial charge in [0.25, 0.3) is 5.91 Å². The molecule has 174 valence electrons. The lowest BCUT2D eigenvalue weighted by Crippen LogP contribution is -2.75. The van der Waals surface area contributed by atoms with Gasteiger partial charge in [-0.2, -0.15) is 0 Å². The summed E-state index contributed by atoms with van der Waals surface area (Å²) in [6.45, 7) is 0.792. The van der Waals surface area contributed by atoms with Crippen molar-refractivity contribution in [2.45, 2.75) is 35.1 Å². The third-order valence-electron chi connectivity index (χ3n) is 5.46. The first-order valence-corrected chi connectivity index (χ1v) is 12.8. The van der Waals surface area contributed by atoms with Crippen LogP contribution in [0.2, 0.25) is 0 Å². The van der Waals surface area contributed by atoms with E-state index in [0.29, 0.717) is 18.1 Å². The average Bonchev–Trinajstić information content (AvgIpc) is 3.45. The SMILES string of the molecule is CON=C(C(=O)NC1C(=O)N2CC(SCC3CCCO3)(C(=O)O)CS[C@H]12)c1csc(N)n1. The van der Waals surface area contributed by atoms with E-state index in [0.717, 1.165) is 24.2 Å². The molecule has 3 saturated heterocycles. The molecule has 4 rings (SSSR count). The normalized spacial score (nSPS) is 29.9. The van der Waals surface area contributed by atoms with Gasteiger partial charge in [0.1, 0.15) is 29.0 Å². The number of anilines is 1. The minimum absolute atomic E-state index is 0.0521. The third-order valence-corrected chi connectivity index (χ3v) is 9.39. The highest BCUT2D eigenvalue weighted by molar-refractivity contribution is 8.05. The van der Waals surface area contributed by atoms with Crippen LogP contribution < -0.4 is 11.1 Å². The van der Waals surface area contributed by atoms with E-state index in [1.807, 2.05) is 0 Å². The number of ether oxygens (including phenoxy) is 1. The van der Waals surface area contributed by atoms with Gasteiger partial charge < -0.3 is 30.6 Å². The highest BCUT2D eigenvalue weighted by atomic mass is 32.2. The fraction of sp³-hybridized carbons (Fsp3) is 0.611. The fourth-order valence-corrected chi connectivity index (χ4v) is 7.36. The molecule has 32 heavy (non-hydrogen) atoms. The predicted molar refractivity (Wildman–Crippen MR) is 122 cm³/mol. The number of nitrogens with zero attached hydrogens (tertiary/aromatic N) is 3. The van der Waals surface area contributed by atoms with Crippen molar-refractivity contribution in [3.05, 3.63) is 11.1 Å². The average molecular weight is 502 g/mol. The Bertz CT molecular complexity index is 936. The Kier molecular flexibility index (Phi) is 6.83. The van der Waals surface area contributed by atoms with E-state index in [1.165, 1.54) is 35.5 Å². The number of β-lactam (4-membered cyclic amide) rings is 1. The van der Waals surface area contributed by atoms with E-state index in [9.17, 15) is 19.5 Å². The smallest absolute Gasteiger partial charge is 0.322 e. The summed E-state index contributed by atoms with van der Waals surface area (Å²) in [5, 5.41) is 17.8. The van der Waals surface area contributed by atoms with E-state index in [1.54, 1.807) is 5.38 Å². The molecule has 11 nitrogen and oxygen atoms in total. The van der Waals surface area contributed by atoms with E-state index >= 15 is 0 Å². The molecule has 3 fully saturated rings. The molecule has 14 heteroatoms. The molecule has 3 unspecified atom stereocenters. The lowest BCUT2D eigenvalue weighted by atomic mass is 10.0. The number of hydrogen-bond donors (Lipinski definition) is 3. The van der Waals surface area contributed by atoms with Gasteiger partial charge in [-0.25, -0.2) is 4.98 Å².